The minimum Gasteiger partial charge on any atom is -0.351 e. The van der Waals surface area contributed by atoms with E-state index in [1.807, 2.05) is 25.3 Å². The lowest BCUT2D eigenvalue weighted by molar-refractivity contribution is 0.410. The molecule has 11 heteroatoms. The lowest BCUT2D eigenvalue weighted by Crippen LogP contribution is -2.33. The van der Waals surface area contributed by atoms with E-state index in [0.29, 0.717) is 29.5 Å². The van der Waals surface area contributed by atoms with Crippen LogP contribution in [-0.4, -0.2) is 46.6 Å². The molecule has 1 saturated carbocycles. The van der Waals surface area contributed by atoms with Gasteiger partial charge in [-0.15, -0.1) is 0 Å². The Bertz CT molecular complexity index is 1220. The Morgan fingerprint density at radius 1 is 1.12 bits per heavy atom. The van der Waals surface area contributed by atoms with Gasteiger partial charge in [-0.3, -0.25) is 0 Å². The van der Waals surface area contributed by atoms with E-state index < -0.39 is 10.0 Å². The zero-order valence-electron chi connectivity index (χ0n) is 20.0. The fourth-order valence-electron chi connectivity index (χ4n) is 3.99. The van der Waals surface area contributed by atoms with Crippen molar-refractivity contribution in [2.75, 3.05) is 17.2 Å². The van der Waals surface area contributed by atoms with Gasteiger partial charge in [0.05, 0.1) is 11.2 Å². The van der Waals surface area contributed by atoms with E-state index >= 15 is 0 Å². The van der Waals surface area contributed by atoms with E-state index in [4.69, 9.17) is 15.7 Å². The van der Waals surface area contributed by atoms with Crippen molar-refractivity contribution in [1.29, 1.82) is 0 Å². The van der Waals surface area contributed by atoms with E-state index in [1.54, 1.807) is 30.6 Å². The fraction of sp³-hybridized carbons (Fsp3) is 0.522. The summed E-state index contributed by atoms with van der Waals surface area (Å²) in [7, 11) is -3.54. The number of benzene rings is 1. The molecule has 10 nitrogen and oxygen atoms in total. The number of hydrogen-bond acceptors (Lipinski definition) is 8. The summed E-state index contributed by atoms with van der Waals surface area (Å²) in [5.74, 6) is 1.34. The number of fused-ring (bicyclic) bond motifs is 1. The maximum atomic E-state index is 12.5. The summed E-state index contributed by atoms with van der Waals surface area (Å²) in [6, 6.07) is 7.17. The van der Waals surface area contributed by atoms with Crippen molar-refractivity contribution in [3.63, 3.8) is 0 Å². The Morgan fingerprint density at radius 2 is 1.82 bits per heavy atom. The van der Waals surface area contributed by atoms with Crippen LogP contribution >= 0.6 is 0 Å². The first-order valence-corrected chi connectivity index (χ1v) is 13.3. The molecular formula is C23H34N8O2S. The third kappa shape index (κ3) is 5.65. The van der Waals surface area contributed by atoms with Crippen LogP contribution in [0.2, 0.25) is 0 Å². The summed E-state index contributed by atoms with van der Waals surface area (Å²) in [4.78, 5) is 14.2. The molecule has 1 aromatic carbocycles. The second-order valence-corrected chi connectivity index (χ2v) is 11.0. The first kappa shape index (κ1) is 24.4. The van der Waals surface area contributed by atoms with Crippen LogP contribution in [0.15, 0.2) is 35.5 Å². The molecule has 0 amide bonds. The Morgan fingerprint density at radius 3 is 2.47 bits per heavy atom. The van der Waals surface area contributed by atoms with Gasteiger partial charge >= 0.3 is 0 Å². The van der Waals surface area contributed by atoms with E-state index in [0.717, 1.165) is 37.9 Å². The topological polar surface area (TPSA) is 140 Å². The van der Waals surface area contributed by atoms with E-state index in [2.05, 4.69) is 20.3 Å². The van der Waals surface area contributed by atoms with Gasteiger partial charge in [-0.05, 0) is 62.8 Å². The van der Waals surface area contributed by atoms with Crippen LogP contribution < -0.4 is 21.1 Å². The van der Waals surface area contributed by atoms with Crippen molar-refractivity contribution in [2.45, 2.75) is 70.0 Å². The second kappa shape index (κ2) is 10.2. The van der Waals surface area contributed by atoms with E-state index in [1.165, 1.54) is 0 Å². The average molecular weight is 487 g/mol. The van der Waals surface area contributed by atoms with Crippen molar-refractivity contribution in [3.8, 4) is 0 Å². The highest BCUT2D eigenvalue weighted by atomic mass is 32.2. The van der Waals surface area contributed by atoms with Crippen LogP contribution in [0.3, 0.4) is 0 Å². The molecule has 0 bridgehead atoms. The zero-order valence-corrected chi connectivity index (χ0v) is 20.8. The van der Waals surface area contributed by atoms with Crippen molar-refractivity contribution >= 4 is 38.6 Å². The van der Waals surface area contributed by atoms with Crippen molar-refractivity contribution in [2.24, 2.45) is 11.7 Å². The number of sulfonamides is 1. The quantitative estimate of drug-likeness (QED) is 0.361. The molecule has 0 unspecified atom stereocenters. The van der Waals surface area contributed by atoms with E-state index in [-0.39, 0.29) is 22.9 Å². The monoisotopic (exact) mass is 486 g/mol. The molecule has 34 heavy (non-hydrogen) atoms. The number of imidazole rings is 1. The molecule has 5 N–H and O–H groups in total. The molecule has 2 aromatic heterocycles. The summed E-state index contributed by atoms with van der Waals surface area (Å²) in [5.41, 5.74) is 8.16. The first-order chi connectivity index (χ1) is 16.2. The van der Waals surface area contributed by atoms with Crippen LogP contribution in [0.5, 0.6) is 0 Å². The molecule has 3 aromatic rings. The number of nitrogens with zero attached hydrogens (tertiary/aromatic N) is 4. The maximum Gasteiger partial charge on any atom is 0.240 e. The molecule has 184 valence electrons. The highest BCUT2D eigenvalue weighted by molar-refractivity contribution is 7.89. The minimum absolute atomic E-state index is 0.222. The van der Waals surface area contributed by atoms with Gasteiger partial charge in [0.2, 0.25) is 16.0 Å². The van der Waals surface area contributed by atoms with Gasteiger partial charge in [-0.1, -0.05) is 13.8 Å². The number of hydrogen-bond donors (Lipinski definition) is 4. The number of nitrogens with two attached hydrogens (primary N) is 1. The van der Waals surface area contributed by atoms with Gasteiger partial charge in [-0.2, -0.15) is 9.97 Å². The molecule has 2 heterocycles. The highest BCUT2D eigenvalue weighted by Gasteiger charge is 2.21. The van der Waals surface area contributed by atoms with Gasteiger partial charge in [0.1, 0.15) is 0 Å². The van der Waals surface area contributed by atoms with Crippen LogP contribution in [-0.2, 0) is 16.6 Å². The van der Waals surface area contributed by atoms with Gasteiger partial charge < -0.3 is 20.9 Å². The molecule has 1 aliphatic carbocycles. The Labute approximate surface area is 200 Å². The summed E-state index contributed by atoms with van der Waals surface area (Å²) in [6.07, 6.45) is 5.70. The summed E-state index contributed by atoms with van der Waals surface area (Å²) in [5, 5.41) is 6.76. The minimum atomic E-state index is -3.54. The molecular weight excluding hydrogens is 452 g/mol. The first-order valence-electron chi connectivity index (χ1n) is 11.9. The van der Waals surface area contributed by atoms with Crippen LogP contribution in [0.4, 0.5) is 17.5 Å². The maximum absolute atomic E-state index is 12.5. The highest BCUT2D eigenvalue weighted by Crippen LogP contribution is 2.27. The van der Waals surface area contributed by atoms with Crippen LogP contribution in [0, 0.1) is 5.92 Å². The standard InChI is InChI=1S/C23H34N8O2S/c1-4-31-14-25-20-21(29-23(30-22(20)31)28-18-7-5-16(24)6-8-18)27-17-9-11-19(12-10-17)34(32,33)26-13-15(2)3/h9-12,14-16,18,26H,4-8,13,24H2,1-3H3,(H2,27,28,29,30). The molecule has 4 rings (SSSR count). The largest absolute Gasteiger partial charge is 0.351 e. The molecule has 0 radical (unpaired) electrons. The SMILES string of the molecule is CCn1cnc2c(Nc3ccc(S(=O)(=O)NCC(C)C)cc3)nc(NC3CCC(N)CC3)nc21. The van der Waals surface area contributed by atoms with Gasteiger partial charge in [-0.25, -0.2) is 18.1 Å². The number of anilines is 3. The fourth-order valence-corrected chi connectivity index (χ4v) is 5.20. The molecule has 0 aliphatic heterocycles. The Kier molecular flexibility index (Phi) is 7.34. The van der Waals surface area contributed by atoms with Crippen molar-refractivity contribution in [3.05, 3.63) is 30.6 Å². The Balaban J connectivity index is 1.57. The molecule has 1 fully saturated rings. The predicted molar refractivity (Wildman–Crippen MR) is 135 cm³/mol. The zero-order chi connectivity index (χ0) is 24.3. The summed E-state index contributed by atoms with van der Waals surface area (Å²) < 4.78 is 29.6. The van der Waals surface area contributed by atoms with Gasteiger partial charge in [0.15, 0.2) is 17.0 Å². The number of aryl methyl sites for hydroxylation is 1. The summed E-state index contributed by atoms with van der Waals surface area (Å²) >= 11 is 0. The van der Waals surface area contributed by atoms with Crippen LogP contribution in [0.1, 0.15) is 46.5 Å². The van der Waals surface area contributed by atoms with Crippen molar-refractivity contribution in [1.82, 2.24) is 24.2 Å². The normalized spacial score (nSPS) is 19.0. The third-order valence-corrected chi connectivity index (χ3v) is 7.46. The molecule has 0 atom stereocenters. The number of rotatable bonds is 9. The smallest absolute Gasteiger partial charge is 0.240 e. The van der Waals surface area contributed by atoms with Gasteiger partial charge in [0.25, 0.3) is 0 Å². The number of nitrogens with one attached hydrogen (secondary N) is 3. The number of aromatic nitrogens is 4. The average Bonchev–Trinajstić information content (AvgIpc) is 3.23. The third-order valence-electron chi connectivity index (χ3n) is 6.02. The lowest BCUT2D eigenvalue weighted by atomic mass is 9.92. The molecule has 0 saturated heterocycles. The predicted octanol–water partition coefficient (Wildman–Crippen LogP) is 3.21. The van der Waals surface area contributed by atoms with Crippen LogP contribution in [0.25, 0.3) is 11.2 Å². The van der Waals surface area contributed by atoms with E-state index in [9.17, 15) is 8.42 Å². The summed E-state index contributed by atoms with van der Waals surface area (Å²) in [6.45, 7) is 7.09. The molecule has 1 aliphatic rings. The Hall–Kier alpha value is -2.76. The lowest BCUT2D eigenvalue weighted by Gasteiger charge is -2.26. The van der Waals surface area contributed by atoms with Gasteiger partial charge in [0, 0.05) is 30.9 Å². The molecule has 0 spiro atoms. The second-order valence-electron chi connectivity index (χ2n) is 9.25. The van der Waals surface area contributed by atoms with Crippen molar-refractivity contribution < 1.29 is 8.42 Å².